The van der Waals surface area contributed by atoms with Gasteiger partial charge in [-0.05, 0) is 46.5 Å². The van der Waals surface area contributed by atoms with Crippen molar-refractivity contribution < 1.29 is 23.8 Å². The molecule has 0 bridgehead atoms. The maximum Gasteiger partial charge on any atom is 0.407 e. The number of alkyl carbamates (subject to hydrolysis) is 1. The molecule has 1 amide bonds. The van der Waals surface area contributed by atoms with Gasteiger partial charge >= 0.3 is 12.1 Å². The highest BCUT2D eigenvalue weighted by Crippen LogP contribution is 2.44. The molecule has 0 fully saturated rings. The number of carbonyl (C=O) groups excluding carboxylic acids is 1. The average molecular weight is 528 g/mol. The van der Waals surface area contributed by atoms with Crippen molar-refractivity contribution >= 4 is 28.4 Å². The standard InChI is InChI=1S/C29H22FN3O4S/c30-18-11-9-17(10-12-18)26-25(33-13-14-38-28(33)32-26)15-24(27(34)35)31-29(36)37-16-23-21-7-3-1-5-19(21)20-6-2-4-8-22(20)23/h1-14,23-24H,15-16H2,(H,31,36)(H,34,35). The Labute approximate surface area is 221 Å². The van der Waals surface area contributed by atoms with E-state index in [2.05, 4.69) is 10.3 Å². The van der Waals surface area contributed by atoms with Crippen molar-refractivity contribution in [2.75, 3.05) is 6.61 Å². The molecule has 1 aliphatic rings. The number of carbonyl (C=O) groups is 2. The molecular weight excluding hydrogens is 505 g/mol. The number of imidazole rings is 1. The fourth-order valence-electron chi connectivity index (χ4n) is 5.04. The van der Waals surface area contributed by atoms with E-state index in [-0.39, 0.29) is 24.8 Å². The number of carboxylic acid groups (broad SMARTS) is 1. The van der Waals surface area contributed by atoms with Gasteiger partial charge in [-0.25, -0.2) is 19.0 Å². The van der Waals surface area contributed by atoms with Gasteiger partial charge in [-0.2, -0.15) is 0 Å². The molecule has 6 rings (SSSR count). The molecule has 3 aromatic carbocycles. The Morgan fingerprint density at radius 1 is 1.03 bits per heavy atom. The van der Waals surface area contributed by atoms with Gasteiger partial charge in [0.2, 0.25) is 0 Å². The van der Waals surface area contributed by atoms with Crippen LogP contribution in [0.4, 0.5) is 9.18 Å². The largest absolute Gasteiger partial charge is 0.480 e. The van der Waals surface area contributed by atoms with Crippen LogP contribution in [0.2, 0.25) is 0 Å². The quantitative estimate of drug-likeness (QED) is 0.282. The van der Waals surface area contributed by atoms with Crippen LogP contribution in [0.25, 0.3) is 27.3 Å². The number of halogens is 1. The Kier molecular flexibility index (Phi) is 6.13. The molecule has 1 aliphatic carbocycles. The number of thiazole rings is 1. The summed E-state index contributed by atoms with van der Waals surface area (Å²) in [5, 5.41) is 14.3. The minimum atomic E-state index is -1.26. The highest BCUT2D eigenvalue weighted by Gasteiger charge is 2.30. The lowest BCUT2D eigenvalue weighted by molar-refractivity contribution is -0.139. The summed E-state index contributed by atoms with van der Waals surface area (Å²) in [6.07, 6.45) is 0.944. The summed E-state index contributed by atoms with van der Waals surface area (Å²) in [5.74, 6) is -1.72. The summed E-state index contributed by atoms with van der Waals surface area (Å²) >= 11 is 1.40. The van der Waals surface area contributed by atoms with E-state index in [1.165, 1.54) is 23.5 Å². The molecule has 2 aromatic heterocycles. The number of hydrogen-bond donors (Lipinski definition) is 2. The average Bonchev–Trinajstić information content (AvgIpc) is 3.60. The van der Waals surface area contributed by atoms with Gasteiger partial charge in [0.15, 0.2) is 4.96 Å². The Balaban J connectivity index is 1.21. The number of nitrogens with one attached hydrogen (secondary N) is 1. The zero-order valence-electron chi connectivity index (χ0n) is 20.0. The van der Waals surface area contributed by atoms with Crippen molar-refractivity contribution in [2.24, 2.45) is 0 Å². The zero-order valence-corrected chi connectivity index (χ0v) is 20.8. The van der Waals surface area contributed by atoms with Gasteiger partial charge < -0.3 is 15.2 Å². The first kappa shape index (κ1) is 23.9. The number of amides is 1. The molecule has 0 saturated heterocycles. The summed E-state index contributed by atoms with van der Waals surface area (Å²) in [6, 6.07) is 20.6. The summed E-state index contributed by atoms with van der Waals surface area (Å²) in [6.45, 7) is 0.0779. The van der Waals surface area contributed by atoms with E-state index in [1.807, 2.05) is 53.9 Å². The summed E-state index contributed by atoms with van der Waals surface area (Å²) in [4.78, 5) is 30.3. The number of carboxylic acids is 1. The summed E-state index contributed by atoms with van der Waals surface area (Å²) in [5.41, 5.74) is 6.14. The number of fused-ring (bicyclic) bond motifs is 4. The Bertz CT molecular complexity index is 1610. The van der Waals surface area contributed by atoms with Gasteiger partial charge in [0.1, 0.15) is 18.5 Å². The van der Waals surface area contributed by atoms with Crippen LogP contribution < -0.4 is 5.32 Å². The van der Waals surface area contributed by atoms with Crippen LogP contribution in [0, 0.1) is 5.82 Å². The van der Waals surface area contributed by atoms with Crippen molar-refractivity contribution in [2.45, 2.75) is 18.4 Å². The molecule has 9 heteroatoms. The normalized spacial score (nSPS) is 13.2. The van der Waals surface area contributed by atoms with E-state index in [0.717, 1.165) is 22.3 Å². The van der Waals surface area contributed by atoms with Crippen molar-refractivity contribution in [3.63, 3.8) is 0 Å². The monoisotopic (exact) mass is 527 g/mol. The smallest absolute Gasteiger partial charge is 0.407 e. The number of rotatable bonds is 7. The predicted molar refractivity (Wildman–Crippen MR) is 142 cm³/mol. The lowest BCUT2D eigenvalue weighted by Crippen LogP contribution is -2.43. The zero-order chi connectivity index (χ0) is 26.2. The number of aliphatic carboxylic acids is 1. The van der Waals surface area contributed by atoms with Gasteiger partial charge in [0.05, 0.1) is 11.4 Å². The second-order valence-corrected chi connectivity index (χ2v) is 9.91. The van der Waals surface area contributed by atoms with Crippen LogP contribution in [0.5, 0.6) is 0 Å². The van der Waals surface area contributed by atoms with Crippen LogP contribution in [-0.4, -0.2) is 39.2 Å². The Morgan fingerprint density at radius 2 is 1.68 bits per heavy atom. The predicted octanol–water partition coefficient (Wildman–Crippen LogP) is 5.74. The third-order valence-electron chi connectivity index (χ3n) is 6.81. The van der Waals surface area contributed by atoms with Crippen molar-refractivity contribution in [3.8, 4) is 22.4 Å². The molecule has 0 aliphatic heterocycles. The first-order valence-corrected chi connectivity index (χ1v) is 12.9. The van der Waals surface area contributed by atoms with E-state index >= 15 is 0 Å². The maximum atomic E-state index is 13.5. The van der Waals surface area contributed by atoms with Gasteiger partial charge in [0.25, 0.3) is 0 Å². The minimum Gasteiger partial charge on any atom is -0.480 e. The first-order chi connectivity index (χ1) is 18.5. The van der Waals surface area contributed by atoms with E-state index in [9.17, 15) is 19.1 Å². The van der Waals surface area contributed by atoms with Gasteiger partial charge in [0, 0.05) is 29.5 Å². The SMILES string of the molecule is O=C(NC(Cc1c(-c2ccc(F)cc2)nc2sccn12)C(=O)O)OCC1c2ccccc2-c2ccccc21. The van der Waals surface area contributed by atoms with E-state index in [1.54, 1.807) is 22.7 Å². The maximum absolute atomic E-state index is 13.5. The molecule has 0 spiro atoms. The van der Waals surface area contributed by atoms with Crippen molar-refractivity contribution in [3.05, 3.63) is 107 Å². The van der Waals surface area contributed by atoms with E-state index < -0.39 is 18.1 Å². The van der Waals surface area contributed by atoms with Crippen LogP contribution in [0.15, 0.2) is 84.4 Å². The molecule has 1 atom stereocenters. The third kappa shape index (κ3) is 4.31. The molecule has 1 unspecified atom stereocenters. The van der Waals surface area contributed by atoms with Crippen LogP contribution in [0.3, 0.4) is 0 Å². The first-order valence-electron chi connectivity index (χ1n) is 12.0. The van der Waals surface area contributed by atoms with Crippen molar-refractivity contribution in [1.82, 2.24) is 14.7 Å². The van der Waals surface area contributed by atoms with Crippen LogP contribution >= 0.6 is 11.3 Å². The molecule has 7 nitrogen and oxygen atoms in total. The fraction of sp³-hybridized carbons (Fsp3) is 0.138. The second-order valence-electron chi connectivity index (χ2n) is 9.03. The number of nitrogens with zero attached hydrogens (tertiary/aromatic N) is 2. The molecule has 0 saturated carbocycles. The number of benzene rings is 3. The summed E-state index contributed by atoms with van der Waals surface area (Å²) < 4.78 is 20.8. The Hall–Kier alpha value is -4.50. The molecule has 2 N–H and O–H groups in total. The third-order valence-corrected chi connectivity index (χ3v) is 7.57. The molecular formula is C29H22FN3O4S. The molecule has 38 heavy (non-hydrogen) atoms. The lowest BCUT2D eigenvalue weighted by Gasteiger charge is -2.18. The fourth-order valence-corrected chi connectivity index (χ4v) is 5.78. The van der Waals surface area contributed by atoms with E-state index in [4.69, 9.17) is 4.74 Å². The lowest BCUT2D eigenvalue weighted by atomic mass is 9.98. The molecule has 2 heterocycles. The highest BCUT2D eigenvalue weighted by molar-refractivity contribution is 7.15. The number of aromatic nitrogens is 2. The van der Waals surface area contributed by atoms with Crippen LogP contribution in [0.1, 0.15) is 22.7 Å². The molecule has 0 radical (unpaired) electrons. The topological polar surface area (TPSA) is 92.9 Å². The van der Waals surface area contributed by atoms with Gasteiger partial charge in [-0.3, -0.25) is 4.40 Å². The Morgan fingerprint density at radius 3 is 2.34 bits per heavy atom. The number of hydrogen-bond acceptors (Lipinski definition) is 5. The second kappa shape index (κ2) is 9.75. The van der Waals surface area contributed by atoms with Gasteiger partial charge in [-0.1, -0.05) is 48.5 Å². The van der Waals surface area contributed by atoms with E-state index in [0.29, 0.717) is 21.9 Å². The summed E-state index contributed by atoms with van der Waals surface area (Å²) in [7, 11) is 0. The minimum absolute atomic E-state index is 0.0376. The number of ether oxygens (including phenoxy) is 1. The molecule has 190 valence electrons. The molecule has 5 aromatic rings. The van der Waals surface area contributed by atoms with Crippen LogP contribution in [-0.2, 0) is 16.0 Å². The van der Waals surface area contributed by atoms with Crippen molar-refractivity contribution in [1.29, 1.82) is 0 Å². The van der Waals surface area contributed by atoms with Gasteiger partial charge in [-0.15, -0.1) is 11.3 Å². The highest BCUT2D eigenvalue weighted by atomic mass is 32.1.